The molecule has 0 aliphatic carbocycles. The highest BCUT2D eigenvalue weighted by Crippen LogP contribution is 2.34. The molecular formula is C15H18N2O4S. The standard InChI is InChI=1S/C15H18N2O4S/c1-2-21-14(18)15(12-16)8-10-17(11-9-15)22(19,20)13-6-4-3-5-7-13/h3-7H,2,8-11H2,1H3. The minimum Gasteiger partial charge on any atom is -0.465 e. The van der Waals surface area contributed by atoms with Crippen molar-refractivity contribution in [3.8, 4) is 6.07 Å². The van der Waals surface area contributed by atoms with E-state index in [0.717, 1.165) is 0 Å². The van der Waals surface area contributed by atoms with Crippen LogP contribution in [0.1, 0.15) is 19.8 Å². The van der Waals surface area contributed by atoms with Crippen molar-refractivity contribution in [3.63, 3.8) is 0 Å². The van der Waals surface area contributed by atoms with E-state index >= 15 is 0 Å². The lowest BCUT2D eigenvalue weighted by Crippen LogP contribution is -2.46. The van der Waals surface area contributed by atoms with Crippen LogP contribution in [-0.4, -0.2) is 38.4 Å². The van der Waals surface area contributed by atoms with Gasteiger partial charge in [0.2, 0.25) is 10.0 Å². The van der Waals surface area contributed by atoms with Gasteiger partial charge in [0, 0.05) is 13.1 Å². The quantitative estimate of drug-likeness (QED) is 0.785. The second-order valence-electron chi connectivity index (χ2n) is 5.13. The molecule has 22 heavy (non-hydrogen) atoms. The van der Waals surface area contributed by atoms with Crippen molar-refractivity contribution >= 4 is 16.0 Å². The molecule has 1 fully saturated rings. The molecule has 1 aromatic carbocycles. The second kappa shape index (κ2) is 6.46. The third kappa shape index (κ3) is 2.98. The maximum absolute atomic E-state index is 12.5. The number of nitrogens with zero attached hydrogens (tertiary/aromatic N) is 2. The summed E-state index contributed by atoms with van der Waals surface area (Å²) in [6, 6.07) is 10.2. The van der Waals surface area contributed by atoms with Gasteiger partial charge in [-0.2, -0.15) is 9.57 Å². The first-order chi connectivity index (χ1) is 10.5. The van der Waals surface area contributed by atoms with Gasteiger partial charge in [-0.15, -0.1) is 0 Å². The van der Waals surface area contributed by atoms with E-state index in [-0.39, 0.29) is 37.4 Å². The van der Waals surface area contributed by atoms with Crippen LogP contribution in [0.3, 0.4) is 0 Å². The average Bonchev–Trinajstić information content (AvgIpc) is 2.56. The lowest BCUT2D eigenvalue weighted by atomic mass is 9.80. The summed E-state index contributed by atoms with van der Waals surface area (Å²) in [4.78, 5) is 12.2. The fraction of sp³-hybridized carbons (Fsp3) is 0.467. The van der Waals surface area contributed by atoms with Gasteiger partial charge in [-0.1, -0.05) is 18.2 Å². The van der Waals surface area contributed by atoms with Gasteiger partial charge < -0.3 is 4.74 Å². The summed E-state index contributed by atoms with van der Waals surface area (Å²) >= 11 is 0. The monoisotopic (exact) mass is 322 g/mol. The highest BCUT2D eigenvalue weighted by atomic mass is 32.2. The number of carbonyl (C=O) groups is 1. The molecule has 6 nitrogen and oxygen atoms in total. The zero-order valence-corrected chi connectivity index (χ0v) is 13.2. The minimum atomic E-state index is -3.59. The van der Waals surface area contributed by atoms with Crippen LogP contribution in [0.4, 0.5) is 0 Å². The van der Waals surface area contributed by atoms with Crippen molar-refractivity contribution in [2.45, 2.75) is 24.7 Å². The van der Waals surface area contributed by atoms with Crippen LogP contribution < -0.4 is 0 Å². The summed E-state index contributed by atoms with van der Waals surface area (Å²) in [7, 11) is -3.59. The Kier molecular flexibility index (Phi) is 4.84. The van der Waals surface area contributed by atoms with E-state index in [4.69, 9.17) is 4.74 Å². The Morgan fingerprint density at radius 3 is 2.41 bits per heavy atom. The third-order valence-corrected chi connectivity index (χ3v) is 5.75. The predicted octanol–water partition coefficient (Wildman–Crippen LogP) is 1.54. The summed E-state index contributed by atoms with van der Waals surface area (Å²) in [6.45, 7) is 2.14. The molecule has 1 aliphatic rings. The first-order valence-corrected chi connectivity index (χ1v) is 8.54. The van der Waals surface area contributed by atoms with Gasteiger partial charge in [0.15, 0.2) is 5.41 Å². The minimum absolute atomic E-state index is 0.129. The van der Waals surface area contributed by atoms with Crippen LogP contribution in [0.2, 0.25) is 0 Å². The number of benzene rings is 1. The molecule has 1 aliphatic heterocycles. The molecule has 0 unspecified atom stereocenters. The Morgan fingerprint density at radius 2 is 1.91 bits per heavy atom. The SMILES string of the molecule is CCOC(=O)C1(C#N)CCN(S(=O)(=O)c2ccccc2)CC1. The largest absolute Gasteiger partial charge is 0.465 e. The summed E-state index contributed by atoms with van der Waals surface area (Å²) in [5.74, 6) is -0.561. The Labute approximate surface area is 130 Å². The molecule has 0 N–H and O–H groups in total. The van der Waals surface area contributed by atoms with Crippen molar-refractivity contribution in [3.05, 3.63) is 30.3 Å². The van der Waals surface area contributed by atoms with Crippen molar-refractivity contribution in [1.29, 1.82) is 5.26 Å². The number of nitriles is 1. The average molecular weight is 322 g/mol. The number of carbonyl (C=O) groups excluding carboxylic acids is 1. The number of rotatable bonds is 4. The van der Waals surface area contributed by atoms with Gasteiger partial charge in [-0.25, -0.2) is 8.42 Å². The molecular weight excluding hydrogens is 304 g/mol. The maximum Gasteiger partial charge on any atom is 0.326 e. The normalized spacial score (nSPS) is 18.4. The van der Waals surface area contributed by atoms with Crippen LogP contribution in [-0.2, 0) is 19.6 Å². The van der Waals surface area contributed by atoms with E-state index in [1.54, 1.807) is 25.1 Å². The van der Waals surface area contributed by atoms with Crippen LogP contribution in [0.5, 0.6) is 0 Å². The van der Waals surface area contributed by atoms with E-state index in [9.17, 15) is 18.5 Å². The number of hydrogen-bond donors (Lipinski definition) is 0. The molecule has 0 bridgehead atoms. The van der Waals surface area contributed by atoms with Crippen molar-refractivity contribution < 1.29 is 17.9 Å². The lowest BCUT2D eigenvalue weighted by Gasteiger charge is -2.34. The molecule has 0 saturated carbocycles. The third-order valence-electron chi connectivity index (χ3n) is 3.84. The maximum atomic E-state index is 12.5. The van der Waals surface area contributed by atoms with Crippen LogP contribution in [0.25, 0.3) is 0 Å². The molecule has 7 heteroatoms. The molecule has 1 heterocycles. The molecule has 2 rings (SSSR count). The van der Waals surface area contributed by atoms with E-state index in [1.807, 2.05) is 6.07 Å². The Balaban J connectivity index is 2.15. The Hall–Kier alpha value is -1.91. The molecule has 118 valence electrons. The van der Waals surface area contributed by atoms with Gasteiger partial charge in [0.1, 0.15) is 0 Å². The fourth-order valence-electron chi connectivity index (χ4n) is 2.48. The molecule has 1 saturated heterocycles. The molecule has 1 aromatic rings. The number of esters is 1. The van der Waals surface area contributed by atoms with Crippen molar-refractivity contribution in [1.82, 2.24) is 4.31 Å². The van der Waals surface area contributed by atoms with Gasteiger partial charge in [0.05, 0.1) is 17.6 Å². The Morgan fingerprint density at radius 1 is 1.32 bits per heavy atom. The highest BCUT2D eigenvalue weighted by Gasteiger charge is 2.45. The molecule has 0 atom stereocenters. The zero-order chi connectivity index (χ0) is 16.2. The molecule has 0 spiro atoms. The van der Waals surface area contributed by atoms with Gasteiger partial charge in [-0.3, -0.25) is 4.79 Å². The van der Waals surface area contributed by atoms with E-state index in [1.165, 1.54) is 16.4 Å². The summed E-state index contributed by atoms with van der Waals surface area (Å²) in [6.07, 6.45) is 0.294. The Bertz CT molecular complexity index is 671. The predicted molar refractivity (Wildman–Crippen MR) is 79.1 cm³/mol. The lowest BCUT2D eigenvalue weighted by molar-refractivity contribution is -0.153. The number of piperidine rings is 1. The summed E-state index contributed by atoms with van der Waals surface area (Å²) in [5.41, 5.74) is -1.24. The topological polar surface area (TPSA) is 87.5 Å². The van der Waals surface area contributed by atoms with Crippen molar-refractivity contribution in [2.24, 2.45) is 5.41 Å². The summed E-state index contributed by atoms with van der Waals surface area (Å²) in [5, 5.41) is 9.33. The van der Waals surface area contributed by atoms with Crippen LogP contribution in [0.15, 0.2) is 35.2 Å². The zero-order valence-electron chi connectivity index (χ0n) is 12.4. The van der Waals surface area contributed by atoms with Crippen LogP contribution in [0, 0.1) is 16.7 Å². The van der Waals surface area contributed by atoms with Gasteiger partial charge in [0.25, 0.3) is 0 Å². The fourth-order valence-corrected chi connectivity index (χ4v) is 3.94. The number of ether oxygens (including phenoxy) is 1. The van der Waals surface area contributed by atoms with E-state index in [2.05, 4.69) is 0 Å². The first-order valence-electron chi connectivity index (χ1n) is 7.10. The molecule has 0 radical (unpaired) electrons. The van der Waals surface area contributed by atoms with E-state index < -0.39 is 21.4 Å². The van der Waals surface area contributed by atoms with Gasteiger partial charge in [-0.05, 0) is 31.9 Å². The van der Waals surface area contributed by atoms with Crippen molar-refractivity contribution in [2.75, 3.05) is 19.7 Å². The van der Waals surface area contributed by atoms with Crippen LogP contribution >= 0.6 is 0 Å². The van der Waals surface area contributed by atoms with Gasteiger partial charge >= 0.3 is 5.97 Å². The summed E-state index contributed by atoms with van der Waals surface area (Å²) < 4.78 is 31.3. The molecule has 0 amide bonds. The molecule has 0 aromatic heterocycles. The van der Waals surface area contributed by atoms with E-state index in [0.29, 0.717) is 0 Å². The second-order valence-corrected chi connectivity index (χ2v) is 7.07. The first kappa shape index (κ1) is 16.5. The number of sulfonamides is 1. The smallest absolute Gasteiger partial charge is 0.326 e. The highest BCUT2D eigenvalue weighted by molar-refractivity contribution is 7.89. The number of hydrogen-bond acceptors (Lipinski definition) is 5.